The van der Waals surface area contributed by atoms with E-state index < -0.39 is 11.1 Å². The normalized spacial score (nSPS) is 19.7. The highest BCUT2D eigenvalue weighted by Crippen LogP contribution is 2.20. The second-order valence-corrected chi connectivity index (χ2v) is 4.78. The molecular formula is C13H13ClFNO2. The van der Waals surface area contributed by atoms with E-state index in [9.17, 15) is 14.0 Å². The summed E-state index contributed by atoms with van der Waals surface area (Å²) >= 11 is 5.46. The van der Waals surface area contributed by atoms with Gasteiger partial charge in [0, 0.05) is 18.7 Å². The number of rotatable bonds is 2. The minimum atomic E-state index is -0.442. The van der Waals surface area contributed by atoms with Crippen LogP contribution in [0.15, 0.2) is 24.3 Å². The molecule has 5 heteroatoms. The summed E-state index contributed by atoms with van der Waals surface area (Å²) in [6, 6.07) is 5.56. The monoisotopic (exact) mass is 269 g/mol. The van der Waals surface area contributed by atoms with Crippen LogP contribution in [0, 0.1) is 11.7 Å². The van der Waals surface area contributed by atoms with Gasteiger partial charge in [-0.2, -0.15) is 0 Å². The highest BCUT2D eigenvalue weighted by molar-refractivity contribution is 6.64. The molecule has 1 aromatic rings. The zero-order chi connectivity index (χ0) is 13.1. The number of benzene rings is 1. The smallest absolute Gasteiger partial charge is 0.253 e. The molecule has 1 aliphatic heterocycles. The van der Waals surface area contributed by atoms with Crippen molar-refractivity contribution in [1.82, 2.24) is 4.90 Å². The lowest BCUT2D eigenvalue weighted by atomic mass is 9.98. The maximum absolute atomic E-state index is 13.1. The van der Waals surface area contributed by atoms with E-state index in [0.29, 0.717) is 25.1 Å². The van der Waals surface area contributed by atoms with Crippen LogP contribution in [0.25, 0.3) is 0 Å². The van der Waals surface area contributed by atoms with E-state index in [-0.39, 0.29) is 11.8 Å². The Kier molecular flexibility index (Phi) is 3.97. The van der Waals surface area contributed by atoms with E-state index in [2.05, 4.69) is 0 Å². The summed E-state index contributed by atoms with van der Waals surface area (Å²) in [6.45, 7) is 0.897. The highest BCUT2D eigenvalue weighted by Gasteiger charge is 2.27. The Morgan fingerprint density at radius 3 is 2.83 bits per heavy atom. The minimum absolute atomic E-state index is 0.253. The Balaban J connectivity index is 2.11. The van der Waals surface area contributed by atoms with Crippen molar-refractivity contribution in [3.05, 3.63) is 35.6 Å². The third-order valence-electron chi connectivity index (χ3n) is 3.10. The zero-order valence-electron chi connectivity index (χ0n) is 9.73. The van der Waals surface area contributed by atoms with Gasteiger partial charge in [0.15, 0.2) is 0 Å². The fourth-order valence-electron chi connectivity index (χ4n) is 2.15. The van der Waals surface area contributed by atoms with E-state index in [1.54, 1.807) is 11.0 Å². The molecule has 3 nitrogen and oxygen atoms in total. The molecule has 1 amide bonds. The number of amides is 1. The molecule has 2 rings (SSSR count). The van der Waals surface area contributed by atoms with E-state index in [4.69, 9.17) is 11.6 Å². The van der Waals surface area contributed by atoms with Gasteiger partial charge in [0.25, 0.3) is 5.91 Å². The lowest BCUT2D eigenvalue weighted by molar-refractivity contribution is -0.116. The van der Waals surface area contributed by atoms with Gasteiger partial charge in [0.1, 0.15) is 5.82 Å². The molecule has 0 aromatic heterocycles. The maximum Gasteiger partial charge on any atom is 0.253 e. The lowest BCUT2D eigenvalue weighted by Crippen LogP contribution is -2.41. The van der Waals surface area contributed by atoms with E-state index >= 15 is 0 Å². The van der Waals surface area contributed by atoms with Gasteiger partial charge in [-0.15, -0.1) is 0 Å². The maximum atomic E-state index is 13.1. The molecule has 1 aliphatic rings. The average molecular weight is 270 g/mol. The number of likely N-dealkylation sites (tertiary alicyclic amines) is 1. The molecule has 1 heterocycles. The summed E-state index contributed by atoms with van der Waals surface area (Å²) < 4.78 is 13.1. The lowest BCUT2D eigenvalue weighted by Gasteiger charge is -2.31. The largest absolute Gasteiger partial charge is 0.338 e. The first-order chi connectivity index (χ1) is 8.58. The summed E-state index contributed by atoms with van der Waals surface area (Å²) in [7, 11) is 0. The number of hydrogen-bond acceptors (Lipinski definition) is 2. The summed E-state index contributed by atoms with van der Waals surface area (Å²) in [5.74, 6) is -1.00. The van der Waals surface area contributed by atoms with Gasteiger partial charge in [0.2, 0.25) is 5.24 Å². The Morgan fingerprint density at radius 2 is 2.17 bits per heavy atom. The topological polar surface area (TPSA) is 37.4 Å². The first-order valence-electron chi connectivity index (χ1n) is 5.82. The van der Waals surface area contributed by atoms with Crippen molar-refractivity contribution in [2.75, 3.05) is 13.1 Å². The third kappa shape index (κ3) is 2.88. The summed E-state index contributed by atoms with van der Waals surface area (Å²) in [5, 5.41) is -0.410. The van der Waals surface area contributed by atoms with E-state index in [1.165, 1.54) is 18.2 Å². The van der Waals surface area contributed by atoms with Gasteiger partial charge in [-0.05, 0) is 42.6 Å². The number of hydrogen-bond donors (Lipinski definition) is 0. The molecule has 1 aromatic carbocycles. The highest BCUT2D eigenvalue weighted by atomic mass is 35.5. The number of halogens is 2. The zero-order valence-corrected chi connectivity index (χ0v) is 10.5. The Hall–Kier alpha value is -1.42. The molecule has 0 bridgehead atoms. The Morgan fingerprint density at radius 1 is 1.39 bits per heavy atom. The molecule has 96 valence electrons. The van der Waals surface area contributed by atoms with Crippen LogP contribution in [-0.4, -0.2) is 29.1 Å². The summed E-state index contributed by atoms with van der Waals surface area (Å²) in [4.78, 5) is 24.8. The van der Waals surface area contributed by atoms with Crippen molar-refractivity contribution in [2.24, 2.45) is 5.92 Å². The van der Waals surface area contributed by atoms with Crippen molar-refractivity contribution < 1.29 is 14.0 Å². The van der Waals surface area contributed by atoms with Crippen molar-refractivity contribution in [2.45, 2.75) is 12.8 Å². The molecule has 18 heavy (non-hydrogen) atoms. The van der Waals surface area contributed by atoms with Crippen LogP contribution >= 0.6 is 11.6 Å². The first kappa shape index (κ1) is 13.0. The van der Waals surface area contributed by atoms with Gasteiger partial charge < -0.3 is 4.90 Å². The number of carbonyl (C=O) groups excluding carboxylic acids is 2. The van der Waals surface area contributed by atoms with Crippen molar-refractivity contribution in [3.63, 3.8) is 0 Å². The Labute approximate surface area is 110 Å². The van der Waals surface area contributed by atoms with Crippen LogP contribution in [0.2, 0.25) is 0 Å². The fourth-order valence-corrected chi connectivity index (χ4v) is 2.33. The van der Waals surface area contributed by atoms with Gasteiger partial charge in [-0.1, -0.05) is 6.07 Å². The van der Waals surface area contributed by atoms with Crippen LogP contribution in [0.3, 0.4) is 0 Å². The van der Waals surface area contributed by atoms with E-state index in [0.717, 1.165) is 6.42 Å². The molecule has 0 N–H and O–H groups in total. The quantitative estimate of drug-likeness (QED) is 0.774. The first-order valence-corrected chi connectivity index (χ1v) is 6.20. The van der Waals surface area contributed by atoms with E-state index in [1.807, 2.05) is 0 Å². The third-order valence-corrected chi connectivity index (χ3v) is 3.41. The molecule has 1 fully saturated rings. The predicted octanol–water partition coefficient (Wildman–Crippen LogP) is 2.44. The molecule has 0 spiro atoms. The SMILES string of the molecule is O=C(Cl)C1CCCN(C(=O)c2cccc(F)c2)C1. The van der Waals surface area contributed by atoms with Gasteiger partial charge in [0.05, 0.1) is 5.92 Å². The molecule has 0 aliphatic carbocycles. The molecular weight excluding hydrogens is 257 g/mol. The van der Waals surface area contributed by atoms with Gasteiger partial charge in [-0.25, -0.2) is 4.39 Å². The summed E-state index contributed by atoms with van der Waals surface area (Å²) in [5.41, 5.74) is 0.303. The van der Waals surface area contributed by atoms with Crippen LogP contribution in [0.1, 0.15) is 23.2 Å². The average Bonchev–Trinajstić information content (AvgIpc) is 2.38. The van der Waals surface area contributed by atoms with Crippen molar-refractivity contribution in [3.8, 4) is 0 Å². The van der Waals surface area contributed by atoms with Crippen LogP contribution in [0.4, 0.5) is 4.39 Å². The summed E-state index contributed by atoms with van der Waals surface area (Å²) in [6.07, 6.45) is 1.44. The molecule has 1 saturated heterocycles. The number of carbonyl (C=O) groups is 2. The number of piperidine rings is 1. The van der Waals surface area contributed by atoms with Crippen molar-refractivity contribution >= 4 is 22.8 Å². The molecule has 0 saturated carbocycles. The van der Waals surface area contributed by atoms with Gasteiger partial charge in [-0.3, -0.25) is 9.59 Å². The predicted molar refractivity (Wildman–Crippen MR) is 65.9 cm³/mol. The fraction of sp³-hybridized carbons (Fsp3) is 0.385. The Bertz CT molecular complexity index is 478. The minimum Gasteiger partial charge on any atom is -0.338 e. The second kappa shape index (κ2) is 5.48. The van der Waals surface area contributed by atoms with Crippen LogP contribution < -0.4 is 0 Å². The molecule has 1 atom stereocenters. The molecule has 1 unspecified atom stereocenters. The van der Waals surface area contributed by atoms with Crippen LogP contribution in [-0.2, 0) is 4.79 Å². The van der Waals surface area contributed by atoms with Gasteiger partial charge >= 0.3 is 0 Å². The van der Waals surface area contributed by atoms with Crippen molar-refractivity contribution in [1.29, 1.82) is 0 Å². The molecule has 0 radical (unpaired) electrons. The second-order valence-electron chi connectivity index (χ2n) is 4.40. The number of nitrogens with zero attached hydrogens (tertiary/aromatic N) is 1. The van der Waals surface area contributed by atoms with Crippen LogP contribution in [0.5, 0.6) is 0 Å². The standard InChI is InChI=1S/C13H13ClFNO2/c14-12(17)10-4-2-6-16(8-10)13(18)9-3-1-5-11(15)7-9/h1,3,5,7,10H,2,4,6,8H2.